The maximum Gasteiger partial charge on any atom is 0.304 e. The monoisotopic (exact) mass is 214 g/mol. The Labute approximate surface area is 87.8 Å². The van der Waals surface area contributed by atoms with Crippen LogP contribution in [0.2, 0.25) is 0 Å². The Morgan fingerprint density at radius 1 is 1.33 bits per heavy atom. The topological polar surface area (TPSA) is 66.9 Å². The third-order valence-corrected chi connectivity index (χ3v) is 2.16. The normalized spacial score (nSPS) is 18.1. The van der Waals surface area contributed by atoms with Gasteiger partial charge in [-0.1, -0.05) is 6.92 Å². The van der Waals surface area contributed by atoms with Gasteiger partial charge in [-0.3, -0.25) is 19.3 Å². The van der Waals surface area contributed by atoms with E-state index in [2.05, 4.69) is 4.74 Å². The lowest BCUT2D eigenvalue weighted by atomic mass is 10.3. The van der Waals surface area contributed by atoms with Crippen LogP contribution in [-0.2, 0) is 19.1 Å². The zero-order chi connectivity index (χ0) is 11.4. The Kier molecular flexibility index (Phi) is 3.79. The zero-order valence-electron chi connectivity index (χ0n) is 8.86. The molecule has 1 fully saturated rings. The van der Waals surface area contributed by atoms with Crippen molar-refractivity contribution in [3.8, 4) is 0 Å². The summed E-state index contributed by atoms with van der Waals surface area (Å²) in [5.74, 6) is -1.16. The van der Waals surface area contributed by atoms with Gasteiger partial charge in [-0.25, -0.2) is 4.90 Å². The number of likely N-dealkylation sites (N-methyl/N-ethyl adjacent to an activating group) is 1. The van der Waals surface area contributed by atoms with E-state index in [4.69, 9.17) is 0 Å². The van der Waals surface area contributed by atoms with Crippen LogP contribution in [0.25, 0.3) is 0 Å². The van der Waals surface area contributed by atoms with Crippen LogP contribution in [0.1, 0.15) is 13.8 Å². The molecule has 0 spiro atoms. The fourth-order valence-electron chi connectivity index (χ4n) is 1.27. The smallest absolute Gasteiger partial charge is 0.304 e. The Morgan fingerprint density at radius 3 is 2.27 bits per heavy atom. The van der Waals surface area contributed by atoms with E-state index < -0.39 is 5.97 Å². The van der Waals surface area contributed by atoms with Crippen LogP contribution in [0.5, 0.6) is 0 Å². The summed E-state index contributed by atoms with van der Waals surface area (Å²) in [7, 11) is 0. The number of rotatable bonds is 3. The number of amides is 2. The van der Waals surface area contributed by atoms with Crippen LogP contribution < -0.4 is 0 Å². The van der Waals surface area contributed by atoms with Gasteiger partial charge >= 0.3 is 5.97 Å². The third kappa shape index (κ3) is 3.02. The van der Waals surface area contributed by atoms with Crippen LogP contribution in [-0.4, -0.2) is 53.9 Å². The molecule has 0 saturated carbocycles. The molecule has 0 atom stereocenters. The zero-order valence-corrected chi connectivity index (χ0v) is 8.86. The summed E-state index contributed by atoms with van der Waals surface area (Å²) < 4.78 is 4.62. The van der Waals surface area contributed by atoms with Gasteiger partial charge in [0.25, 0.3) is 0 Å². The molecule has 0 unspecified atom stereocenters. The van der Waals surface area contributed by atoms with E-state index in [1.54, 1.807) is 4.90 Å². The Bertz CT molecular complexity index is 272. The number of ether oxygens (including phenoxy) is 1. The van der Waals surface area contributed by atoms with Crippen molar-refractivity contribution < 1.29 is 19.1 Å². The molecule has 15 heavy (non-hydrogen) atoms. The standard InChI is InChI=1S/C9H14N2O4/c1-3-10-4-8(13)11(9(14)5-10)6-15-7(2)12/h3-6H2,1-2H3. The molecule has 1 aliphatic heterocycles. The van der Waals surface area contributed by atoms with Crippen molar-refractivity contribution in [3.63, 3.8) is 0 Å². The van der Waals surface area contributed by atoms with E-state index in [9.17, 15) is 14.4 Å². The third-order valence-electron chi connectivity index (χ3n) is 2.16. The fourth-order valence-corrected chi connectivity index (χ4v) is 1.27. The molecule has 0 aromatic rings. The SMILES string of the molecule is CCN1CC(=O)N(COC(C)=O)C(=O)C1. The molecular formula is C9H14N2O4. The van der Waals surface area contributed by atoms with Crippen molar-refractivity contribution in [3.05, 3.63) is 0 Å². The highest BCUT2D eigenvalue weighted by molar-refractivity contribution is 5.99. The summed E-state index contributed by atoms with van der Waals surface area (Å²) in [6, 6.07) is 0. The van der Waals surface area contributed by atoms with Crippen LogP contribution in [0.3, 0.4) is 0 Å². The van der Waals surface area contributed by atoms with Gasteiger partial charge in [-0.05, 0) is 6.54 Å². The second-order valence-corrected chi connectivity index (χ2v) is 3.28. The molecule has 1 rings (SSSR count). The molecule has 0 aliphatic carbocycles. The fraction of sp³-hybridized carbons (Fsp3) is 0.667. The van der Waals surface area contributed by atoms with Gasteiger partial charge in [0.15, 0.2) is 6.73 Å². The Morgan fingerprint density at radius 2 is 1.87 bits per heavy atom. The highest BCUT2D eigenvalue weighted by atomic mass is 16.5. The van der Waals surface area contributed by atoms with Crippen molar-refractivity contribution in [2.45, 2.75) is 13.8 Å². The predicted molar refractivity (Wildman–Crippen MR) is 50.6 cm³/mol. The Hall–Kier alpha value is -1.43. The van der Waals surface area contributed by atoms with Crippen LogP contribution in [0.15, 0.2) is 0 Å². The molecule has 6 heteroatoms. The van der Waals surface area contributed by atoms with Crippen molar-refractivity contribution >= 4 is 17.8 Å². The molecule has 1 aliphatic rings. The van der Waals surface area contributed by atoms with Crippen molar-refractivity contribution in [1.82, 2.24) is 9.80 Å². The molecule has 2 amide bonds. The van der Waals surface area contributed by atoms with Crippen LogP contribution in [0, 0.1) is 0 Å². The summed E-state index contributed by atoms with van der Waals surface area (Å²) in [4.78, 5) is 36.2. The lowest BCUT2D eigenvalue weighted by molar-refractivity contribution is -0.162. The van der Waals surface area contributed by atoms with Gasteiger partial charge in [-0.15, -0.1) is 0 Å². The predicted octanol–water partition coefficient (Wildman–Crippen LogP) is -0.802. The van der Waals surface area contributed by atoms with Crippen molar-refractivity contribution in [2.75, 3.05) is 26.4 Å². The second-order valence-electron chi connectivity index (χ2n) is 3.28. The van der Waals surface area contributed by atoms with Gasteiger partial charge in [0.1, 0.15) is 0 Å². The van der Waals surface area contributed by atoms with Crippen molar-refractivity contribution in [1.29, 1.82) is 0 Å². The number of hydrogen-bond acceptors (Lipinski definition) is 5. The minimum Gasteiger partial charge on any atom is -0.444 e. The number of hydrogen-bond donors (Lipinski definition) is 0. The van der Waals surface area contributed by atoms with Gasteiger partial charge in [0.05, 0.1) is 13.1 Å². The maximum absolute atomic E-state index is 11.5. The van der Waals surface area contributed by atoms with Crippen LogP contribution in [0.4, 0.5) is 0 Å². The average molecular weight is 214 g/mol. The average Bonchev–Trinajstić information content (AvgIpc) is 2.15. The first-order valence-corrected chi connectivity index (χ1v) is 4.73. The minimum atomic E-state index is -0.506. The summed E-state index contributed by atoms with van der Waals surface area (Å²) >= 11 is 0. The molecule has 0 N–H and O–H groups in total. The number of piperazine rings is 1. The maximum atomic E-state index is 11.5. The van der Waals surface area contributed by atoms with E-state index in [1.165, 1.54) is 6.92 Å². The van der Waals surface area contributed by atoms with Gasteiger partial charge in [0, 0.05) is 6.92 Å². The lowest BCUT2D eigenvalue weighted by Crippen LogP contribution is -2.54. The molecule has 6 nitrogen and oxygen atoms in total. The van der Waals surface area contributed by atoms with Gasteiger partial charge < -0.3 is 4.74 Å². The van der Waals surface area contributed by atoms with E-state index in [-0.39, 0.29) is 31.6 Å². The Balaban J connectivity index is 2.55. The first-order valence-electron chi connectivity index (χ1n) is 4.73. The summed E-state index contributed by atoms with van der Waals surface area (Å²) in [6.45, 7) is 3.88. The van der Waals surface area contributed by atoms with Gasteiger partial charge in [-0.2, -0.15) is 0 Å². The van der Waals surface area contributed by atoms with Crippen molar-refractivity contribution in [2.24, 2.45) is 0 Å². The highest BCUT2D eigenvalue weighted by Gasteiger charge is 2.30. The minimum absolute atomic E-state index is 0.198. The molecule has 1 heterocycles. The molecule has 0 aromatic heterocycles. The number of imide groups is 1. The molecule has 0 radical (unpaired) electrons. The molecule has 0 aromatic carbocycles. The summed E-state index contributed by atoms with van der Waals surface area (Å²) in [5.41, 5.74) is 0. The molecule has 0 bridgehead atoms. The lowest BCUT2D eigenvalue weighted by Gasteiger charge is -2.31. The first kappa shape index (κ1) is 11.6. The molecular weight excluding hydrogens is 200 g/mol. The number of carbonyl (C=O) groups excluding carboxylic acids is 3. The second kappa shape index (κ2) is 4.88. The first-order chi connectivity index (χ1) is 7.04. The molecule has 84 valence electrons. The largest absolute Gasteiger partial charge is 0.444 e. The van der Waals surface area contributed by atoms with E-state index in [0.29, 0.717) is 6.54 Å². The number of esters is 1. The van der Waals surface area contributed by atoms with Gasteiger partial charge in [0.2, 0.25) is 11.8 Å². The van der Waals surface area contributed by atoms with E-state index >= 15 is 0 Å². The highest BCUT2D eigenvalue weighted by Crippen LogP contribution is 2.04. The molecule has 1 saturated heterocycles. The van der Waals surface area contributed by atoms with E-state index in [0.717, 1.165) is 4.90 Å². The number of carbonyl (C=O) groups is 3. The van der Waals surface area contributed by atoms with Crippen LogP contribution >= 0.6 is 0 Å². The number of nitrogens with zero attached hydrogens (tertiary/aromatic N) is 2. The summed E-state index contributed by atoms with van der Waals surface area (Å²) in [6.07, 6.45) is 0. The quantitative estimate of drug-likeness (QED) is 0.454. The summed E-state index contributed by atoms with van der Waals surface area (Å²) in [5, 5.41) is 0. The van der Waals surface area contributed by atoms with E-state index in [1.807, 2.05) is 6.92 Å².